The first kappa shape index (κ1) is 17.4. The van der Waals surface area contributed by atoms with Crippen LogP contribution in [-0.2, 0) is 9.05 Å². The minimum absolute atomic E-state index is 0.0613. The van der Waals surface area contributed by atoms with E-state index in [2.05, 4.69) is 69.6 Å². The summed E-state index contributed by atoms with van der Waals surface area (Å²) in [6.45, 7) is 0. The maximum Gasteiger partial charge on any atom is 0.413 e. The van der Waals surface area contributed by atoms with Crippen molar-refractivity contribution >= 4 is 87.6 Å². The third-order valence-corrected chi connectivity index (χ3v) is 2.53. The van der Waals surface area contributed by atoms with Crippen molar-refractivity contribution in [1.82, 2.24) is 17.7 Å². The third-order valence-electron chi connectivity index (χ3n) is 1.12. The highest BCUT2D eigenvalue weighted by Gasteiger charge is 2.15. The molecule has 2 amide bonds. The molecule has 0 heterocycles. The summed E-state index contributed by atoms with van der Waals surface area (Å²) in [5.74, 6) is 0. The monoisotopic (exact) mass is 334 g/mol. The molecule has 0 aromatic heterocycles. The second kappa shape index (κ2) is 10.4. The molecule has 96 valence electrons. The van der Waals surface area contributed by atoms with E-state index in [0.717, 1.165) is 8.43 Å². The lowest BCUT2D eigenvalue weighted by atomic mass is 10.2. The van der Waals surface area contributed by atoms with Crippen LogP contribution in [0, 0.1) is 0 Å². The molecular weight excluding hydrogens is 325 g/mol. The molecule has 0 aromatic rings. The highest BCUT2D eigenvalue weighted by Crippen LogP contribution is 2.18. The van der Waals surface area contributed by atoms with Crippen molar-refractivity contribution in [3.8, 4) is 0 Å². The molecule has 15 heteroatoms. The average Bonchev–Trinajstić information content (AvgIpc) is 2.29. The number of thiol groups is 4. The minimum atomic E-state index is -0.798. The normalized spacial score (nSPS) is 9.18. The number of carbonyl (C=O) groups excluding carboxylic acids is 2. The first-order valence-corrected chi connectivity index (χ1v) is 6.37. The van der Waals surface area contributed by atoms with E-state index in [1.807, 2.05) is 0 Å². The predicted octanol–water partition coefficient (Wildman–Crippen LogP) is -0.536. The Hall–Kier alpha value is 0.420. The van der Waals surface area contributed by atoms with Gasteiger partial charge in [-0.25, -0.2) is 9.59 Å². The fourth-order valence-corrected chi connectivity index (χ4v) is 1.75. The first-order chi connectivity index (χ1) is 8.02. The van der Waals surface area contributed by atoms with Crippen molar-refractivity contribution in [2.24, 2.45) is 0 Å². The van der Waals surface area contributed by atoms with Gasteiger partial charge < -0.3 is 9.05 Å². The average molecular weight is 334 g/mol. The lowest BCUT2D eigenvalue weighted by Gasteiger charge is -2.15. The number of rotatable bonds is 6. The van der Waals surface area contributed by atoms with Crippen LogP contribution in [0.3, 0.4) is 0 Å². The smallest absolute Gasteiger partial charge is 0.393 e. The summed E-state index contributed by atoms with van der Waals surface area (Å²) in [4.78, 5) is 22.2. The van der Waals surface area contributed by atoms with E-state index < -0.39 is 21.2 Å². The van der Waals surface area contributed by atoms with Crippen LogP contribution in [0.15, 0.2) is 0 Å². The van der Waals surface area contributed by atoms with Crippen LogP contribution in [0.4, 0.5) is 9.59 Å². The molecule has 0 saturated carbocycles. The van der Waals surface area contributed by atoms with E-state index in [1.165, 1.54) is 0 Å². The number of nitrogens with zero attached hydrogens (tertiary/aromatic N) is 2. The molecule has 0 radical (unpaired) electrons. The second-order valence-electron chi connectivity index (χ2n) is 2.25. The zero-order valence-corrected chi connectivity index (χ0v) is 12.8. The van der Waals surface area contributed by atoms with Gasteiger partial charge in [0.05, 0.1) is 0 Å². The van der Waals surface area contributed by atoms with Crippen LogP contribution in [0.25, 0.3) is 0 Å². The van der Waals surface area contributed by atoms with Crippen LogP contribution in [-0.4, -0.2) is 35.7 Å². The Bertz CT molecular complexity index is 242. The fourth-order valence-electron chi connectivity index (χ4n) is 0.461. The predicted molar refractivity (Wildman–Crippen MR) is 81.5 cm³/mol. The molecule has 0 bridgehead atoms. The molecule has 0 unspecified atom stereocenters. The van der Waals surface area contributed by atoms with E-state index in [1.54, 1.807) is 0 Å². The van der Waals surface area contributed by atoms with E-state index in [9.17, 15) is 9.59 Å². The van der Waals surface area contributed by atoms with Gasteiger partial charge in [-0.1, -0.05) is 25.6 Å². The van der Waals surface area contributed by atoms with Crippen LogP contribution in [0.5, 0.6) is 0 Å². The van der Waals surface area contributed by atoms with Gasteiger partial charge in [-0.05, 0) is 0 Å². The van der Waals surface area contributed by atoms with Crippen molar-refractivity contribution in [2.75, 3.05) is 0 Å². The lowest BCUT2D eigenvalue weighted by Crippen LogP contribution is -2.32. The van der Waals surface area contributed by atoms with Gasteiger partial charge in [-0.2, -0.15) is 0 Å². The molecule has 0 fully saturated rings. The molecule has 0 aliphatic carbocycles. The quantitative estimate of drug-likeness (QED) is 0.223. The van der Waals surface area contributed by atoms with Crippen LogP contribution in [0.2, 0.25) is 0 Å². The SMILES string of the molecule is O=C(OPOC(=O)N(S)BNS)N(S)BNS. The van der Waals surface area contributed by atoms with Gasteiger partial charge in [0, 0.05) is 0 Å². The van der Waals surface area contributed by atoms with Crippen molar-refractivity contribution in [2.45, 2.75) is 0 Å². The minimum Gasteiger partial charge on any atom is -0.393 e. The molecule has 0 atom stereocenters. The van der Waals surface area contributed by atoms with Crippen molar-refractivity contribution < 1.29 is 18.6 Å². The molecular formula is C2H9B2N4O4PS4. The first-order valence-electron chi connectivity index (χ1n) is 3.86. The van der Waals surface area contributed by atoms with Gasteiger partial charge in [0.15, 0.2) is 0 Å². The summed E-state index contributed by atoms with van der Waals surface area (Å²) in [6, 6.07) is 0. The van der Waals surface area contributed by atoms with Gasteiger partial charge >= 0.3 is 27.3 Å². The van der Waals surface area contributed by atoms with Gasteiger partial charge in [0.2, 0.25) is 0 Å². The second-order valence-corrected chi connectivity index (χ2v) is 4.42. The summed E-state index contributed by atoms with van der Waals surface area (Å²) >= 11 is 14.9. The van der Waals surface area contributed by atoms with Gasteiger partial charge in [-0.15, -0.1) is 25.6 Å². The van der Waals surface area contributed by atoms with Gasteiger partial charge in [0.1, 0.15) is 0 Å². The Labute approximate surface area is 124 Å². The van der Waals surface area contributed by atoms with Crippen LogP contribution < -0.4 is 9.27 Å². The number of hydrogen-bond acceptors (Lipinski definition) is 10. The summed E-state index contributed by atoms with van der Waals surface area (Å²) in [5.41, 5.74) is 0. The zero-order chi connectivity index (χ0) is 13.3. The number of nitrogens with one attached hydrogen (secondary N) is 2. The van der Waals surface area contributed by atoms with Crippen molar-refractivity contribution in [1.29, 1.82) is 0 Å². The lowest BCUT2D eigenvalue weighted by molar-refractivity contribution is 0.184. The molecule has 2 N–H and O–H groups in total. The van der Waals surface area contributed by atoms with E-state index >= 15 is 0 Å². The standard InChI is InChI=1S/C2H9B2N4O4PS4/c9-1(7(16)3-5-14)11-13-12-2(10)8(17)4-6-15/h3-6,13-17H. The zero-order valence-electron chi connectivity index (χ0n) is 8.23. The molecule has 0 aliphatic rings. The maximum absolute atomic E-state index is 11.1. The molecule has 0 saturated heterocycles. The highest BCUT2D eigenvalue weighted by molar-refractivity contribution is 7.81. The molecule has 0 spiro atoms. The Morgan fingerprint density at radius 2 is 1.35 bits per heavy atom. The highest BCUT2D eigenvalue weighted by atomic mass is 32.1. The van der Waals surface area contributed by atoms with Crippen LogP contribution in [0.1, 0.15) is 0 Å². The van der Waals surface area contributed by atoms with Crippen LogP contribution >= 0.6 is 60.3 Å². The van der Waals surface area contributed by atoms with Gasteiger partial charge in [-0.3, -0.25) is 17.7 Å². The Kier molecular flexibility index (Phi) is 10.6. The topological polar surface area (TPSA) is 83.1 Å². The largest absolute Gasteiger partial charge is 0.413 e. The molecule has 8 nitrogen and oxygen atoms in total. The molecule has 0 aliphatic heterocycles. The fraction of sp³-hybridized carbons (Fsp3) is 0. The number of hydrogen-bond donors (Lipinski definition) is 6. The molecule has 0 aromatic carbocycles. The molecule has 0 rings (SSSR count). The van der Waals surface area contributed by atoms with Crippen molar-refractivity contribution in [3.05, 3.63) is 0 Å². The summed E-state index contributed by atoms with van der Waals surface area (Å²) in [5, 5.41) is 0. The Morgan fingerprint density at radius 3 is 1.65 bits per heavy atom. The van der Waals surface area contributed by atoms with E-state index in [0.29, 0.717) is 0 Å². The number of amides is 2. The maximum atomic E-state index is 11.1. The Morgan fingerprint density at radius 1 is 1.00 bits per heavy atom. The van der Waals surface area contributed by atoms with Gasteiger partial charge in [0.25, 0.3) is 9.03 Å². The number of carbonyl (C=O) groups is 2. The third kappa shape index (κ3) is 8.19. The summed E-state index contributed by atoms with van der Waals surface area (Å²) in [7, 11) is -0.676. The van der Waals surface area contributed by atoms with E-state index in [-0.39, 0.29) is 15.1 Å². The van der Waals surface area contributed by atoms with Crippen molar-refractivity contribution in [3.63, 3.8) is 0 Å². The van der Waals surface area contributed by atoms with E-state index in [4.69, 9.17) is 0 Å². The Balaban J connectivity index is 3.76. The molecule has 17 heavy (non-hydrogen) atoms. The summed E-state index contributed by atoms with van der Waals surface area (Å²) in [6.07, 6.45) is -1.56. The summed E-state index contributed by atoms with van der Waals surface area (Å²) < 4.78 is 15.7.